The first-order chi connectivity index (χ1) is 23.6. The Kier molecular flexibility index (Phi) is 9.96. The van der Waals surface area contributed by atoms with Gasteiger partial charge in [0, 0.05) is 32.8 Å². The Morgan fingerprint density at radius 1 is 0.408 bits per heavy atom. The number of sulfone groups is 1. The second-order valence-corrected chi connectivity index (χ2v) is 13.7. The Labute approximate surface area is 293 Å². The van der Waals surface area contributed by atoms with Gasteiger partial charge in [-0.25, -0.2) is 18.0 Å². The number of hydrogen-bond donors (Lipinski definition) is 4. The minimum atomic E-state index is -3.80. The summed E-state index contributed by atoms with van der Waals surface area (Å²) < 4.78 is 27.0. The first-order valence-corrected chi connectivity index (χ1v) is 17.2. The van der Waals surface area contributed by atoms with E-state index in [2.05, 4.69) is 21.3 Å². The fourth-order valence-electron chi connectivity index (χ4n) is 5.06. The predicted molar refractivity (Wildman–Crippen MR) is 197 cm³/mol. The molecule has 0 saturated heterocycles. The van der Waals surface area contributed by atoms with E-state index in [0.29, 0.717) is 32.8 Å². The SMILES string of the molecule is O=C(Nc1cccc(Cl)c1)Nc1cccc(-c2ccc(S(=O)(=O)c3ccc(-c4cccc(NC(=O)Nc5cccc(Cl)c5)c4)cc3)cc2)c1. The van der Waals surface area contributed by atoms with E-state index in [1.165, 1.54) is 0 Å². The molecule has 0 heterocycles. The van der Waals surface area contributed by atoms with Gasteiger partial charge in [-0.15, -0.1) is 0 Å². The summed E-state index contributed by atoms with van der Waals surface area (Å²) in [6, 6.07) is 40.5. The zero-order valence-electron chi connectivity index (χ0n) is 25.7. The molecule has 0 aliphatic rings. The van der Waals surface area contributed by atoms with Crippen LogP contribution in [0.3, 0.4) is 0 Å². The molecule has 8 nitrogen and oxygen atoms in total. The lowest BCUT2D eigenvalue weighted by molar-refractivity contribution is 0.261. The van der Waals surface area contributed by atoms with Crippen LogP contribution in [0.4, 0.5) is 32.3 Å². The molecule has 6 rings (SSSR count). The summed E-state index contributed by atoms with van der Waals surface area (Å²) in [5.41, 5.74) is 5.41. The molecule has 0 bridgehead atoms. The maximum Gasteiger partial charge on any atom is 0.323 e. The number of urea groups is 2. The molecule has 0 spiro atoms. The van der Waals surface area contributed by atoms with Crippen LogP contribution in [0.5, 0.6) is 0 Å². The summed E-state index contributed by atoms with van der Waals surface area (Å²) in [6.45, 7) is 0. The van der Waals surface area contributed by atoms with Gasteiger partial charge >= 0.3 is 12.1 Å². The second-order valence-electron chi connectivity index (χ2n) is 10.9. The Bertz CT molecular complexity index is 2110. The number of rotatable bonds is 8. The molecule has 0 radical (unpaired) electrons. The fourth-order valence-corrected chi connectivity index (χ4v) is 6.70. The van der Waals surface area contributed by atoms with E-state index in [9.17, 15) is 18.0 Å². The van der Waals surface area contributed by atoms with Crippen molar-refractivity contribution in [2.75, 3.05) is 21.3 Å². The molecule has 0 atom stereocenters. The molecule has 0 aliphatic heterocycles. The Morgan fingerprint density at radius 3 is 1.08 bits per heavy atom. The molecule has 244 valence electrons. The van der Waals surface area contributed by atoms with Crippen LogP contribution in [0.25, 0.3) is 22.3 Å². The van der Waals surface area contributed by atoms with Crippen molar-refractivity contribution in [2.24, 2.45) is 0 Å². The molecule has 0 aliphatic carbocycles. The number of amides is 4. The van der Waals surface area contributed by atoms with Crippen molar-refractivity contribution in [2.45, 2.75) is 9.79 Å². The molecule has 0 unspecified atom stereocenters. The highest BCUT2D eigenvalue weighted by Crippen LogP contribution is 2.29. The lowest BCUT2D eigenvalue weighted by Crippen LogP contribution is -2.19. The molecule has 0 saturated carbocycles. The molecule has 4 N–H and O–H groups in total. The number of benzene rings is 6. The summed E-state index contributed by atoms with van der Waals surface area (Å²) in [6.07, 6.45) is 0. The van der Waals surface area contributed by atoms with E-state index in [1.807, 2.05) is 12.1 Å². The van der Waals surface area contributed by atoms with Crippen LogP contribution in [0, 0.1) is 0 Å². The zero-order chi connectivity index (χ0) is 34.4. The first kappa shape index (κ1) is 33.3. The third-order valence-corrected chi connectivity index (χ3v) is 9.66. The van der Waals surface area contributed by atoms with E-state index < -0.39 is 21.9 Å². The molecular weight excluding hydrogens is 679 g/mol. The van der Waals surface area contributed by atoms with Crippen LogP contribution in [-0.2, 0) is 9.84 Å². The molecular formula is C38H28Cl2N4O4S. The van der Waals surface area contributed by atoms with Crippen molar-refractivity contribution < 1.29 is 18.0 Å². The number of halogens is 2. The molecule has 6 aromatic rings. The van der Waals surface area contributed by atoms with E-state index >= 15 is 0 Å². The average molecular weight is 708 g/mol. The quantitative estimate of drug-likeness (QED) is 0.126. The van der Waals surface area contributed by atoms with Gasteiger partial charge in [-0.2, -0.15) is 0 Å². The summed E-state index contributed by atoms with van der Waals surface area (Å²) in [5.74, 6) is 0. The topological polar surface area (TPSA) is 116 Å². The predicted octanol–water partition coefficient (Wildman–Crippen LogP) is 10.4. The van der Waals surface area contributed by atoms with Crippen molar-refractivity contribution in [3.8, 4) is 22.3 Å². The van der Waals surface area contributed by atoms with Crippen LogP contribution in [-0.4, -0.2) is 20.5 Å². The largest absolute Gasteiger partial charge is 0.323 e. The van der Waals surface area contributed by atoms with Crippen molar-refractivity contribution in [1.29, 1.82) is 0 Å². The first-order valence-electron chi connectivity index (χ1n) is 15.0. The van der Waals surface area contributed by atoms with Crippen molar-refractivity contribution in [3.63, 3.8) is 0 Å². The third kappa shape index (κ3) is 8.46. The smallest absolute Gasteiger partial charge is 0.308 e. The van der Waals surface area contributed by atoms with Crippen molar-refractivity contribution in [1.82, 2.24) is 0 Å². The van der Waals surface area contributed by atoms with E-state index in [0.717, 1.165) is 22.3 Å². The highest BCUT2D eigenvalue weighted by Gasteiger charge is 2.18. The van der Waals surface area contributed by atoms with E-state index in [1.54, 1.807) is 133 Å². The van der Waals surface area contributed by atoms with Crippen LogP contribution >= 0.6 is 23.2 Å². The maximum atomic E-state index is 13.5. The lowest BCUT2D eigenvalue weighted by Gasteiger charge is -2.11. The number of carbonyl (C=O) groups excluding carboxylic acids is 2. The molecule has 11 heteroatoms. The van der Waals surface area contributed by atoms with E-state index in [-0.39, 0.29) is 9.79 Å². The van der Waals surface area contributed by atoms with Crippen LogP contribution in [0.1, 0.15) is 0 Å². The number of anilines is 4. The standard InChI is InChI=1S/C38H28Cl2N4O4S/c39-29-7-3-11-33(23-29)43-37(45)41-31-9-1-5-27(21-31)25-13-17-35(18-14-25)49(47,48)36-19-15-26(16-20-36)28-6-2-10-32(22-28)42-38(46)44-34-12-4-8-30(40)24-34/h1-24H,(H2,41,43,45)(H2,42,44,46). The highest BCUT2D eigenvalue weighted by atomic mass is 35.5. The van der Waals surface area contributed by atoms with Gasteiger partial charge in [0.1, 0.15) is 0 Å². The van der Waals surface area contributed by atoms with Crippen LogP contribution in [0.2, 0.25) is 10.0 Å². The van der Waals surface area contributed by atoms with Crippen LogP contribution < -0.4 is 21.3 Å². The van der Waals surface area contributed by atoms with Gasteiger partial charge in [-0.05, 0) is 107 Å². The van der Waals surface area contributed by atoms with Crippen molar-refractivity contribution >= 4 is 67.9 Å². The number of carbonyl (C=O) groups is 2. The second kappa shape index (κ2) is 14.7. The fraction of sp³-hybridized carbons (Fsp3) is 0. The minimum Gasteiger partial charge on any atom is -0.308 e. The summed E-state index contributed by atoms with van der Waals surface area (Å²) >= 11 is 12.0. The highest BCUT2D eigenvalue weighted by molar-refractivity contribution is 7.91. The lowest BCUT2D eigenvalue weighted by atomic mass is 10.1. The Balaban J connectivity index is 1.11. The molecule has 49 heavy (non-hydrogen) atoms. The van der Waals surface area contributed by atoms with Gasteiger partial charge in [0.25, 0.3) is 0 Å². The van der Waals surface area contributed by atoms with Gasteiger partial charge in [0.05, 0.1) is 9.79 Å². The third-order valence-electron chi connectivity index (χ3n) is 7.40. The molecule has 0 fully saturated rings. The Morgan fingerprint density at radius 2 is 0.735 bits per heavy atom. The number of hydrogen-bond acceptors (Lipinski definition) is 4. The van der Waals surface area contributed by atoms with Gasteiger partial charge in [-0.3, -0.25) is 0 Å². The van der Waals surface area contributed by atoms with Crippen molar-refractivity contribution in [3.05, 3.63) is 156 Å². The number of nitrogens with one attached hydrogen (secondary N) is 4. The van der Waals surface area contributed by atoms with Gasteiger partial charge < -0.3 is 21.3 Å². The van der Waals surface area contributed by atoms with Crippen LogP contribution in [0.15, 0.2) is 155 Å². The molecule has 0 aromatic heterocycles. The Hall–Kier alpha value is -5.61. The summed E-state index contributed by atoms with van der Waals surface area (Å²) in [5, 5.41) is 12.1. The molecule has 4 amide bonds. The van der Waals surface area contributed by atoms with Gasteiger partial charge in [0.2, 0.25) is 9.84 Å². The van der Waals surface area contributed by atoms with E-state index in [4.69, 9.17) is 23.2 Å². The van der Waals surface area contributed by atoms with Gasteiger partial charge in [0.15, 0.2) is 0 Å². The van der Waals surface area contributed by atoms with Gasteiger partial charge in [-0.1, -0.05) is 83.9 Å². The monoisotopic (exact) mass is 706 g/mol. The summed E-state index contributed by atoms with van der Waals surface area (Å²) in [7, 11) is -3.80. The maximum absolute atomic E-state index is 13.5. The normalized spacial score (nSPS) is 11.0. The molecule has 6 aromatic carbocycles. The average Bonchev–Trinajstić information content (AvgIpc) is 3.08. The zero-order valence-corrected chi connectivity index (χ0v) is 28.0. The minimum absolute atomic E-state index is 0.149. The summed E-state index contributed by atoms with van der Waals surface area (Å²) in [4.78, 5) is 25.3.